The minimum absolute atomic E-state index is 0.0137. The van der Waals surface area contributed by atoms with Crippen LogP contribution in [0.4, 0.5) is 0 Å². The maximum Gasteiger partial charge on any atom is 0.234 e. The first-order valence-corrected chi connectivity index (χ1v) is 12.8. The second kappa shape index (κ2) is 8.94. The first-order valence-electron chi connectivity index (χ1n) is 12.8. The summed E-state index contributed by atoms with van der Waals surface area (Å²) in [6.07, 6.45) is 3.96. The van der Waals surface area contributed by atoms with Crippen LogP contribution < -0.4 is 4.74 Å². The van der Waals surface area contributed by atoms with Crippen LogP contribution in [0.1, 0.15) is 36.8 Å². The van der Waals surface area contributed by atoms with E-state index in [9.17, 15) is 24.3 Å². The summed E-state index contributed by atoms with van der Waals surface area (Å²) < 4.78 is 5.58. The van der Waals surface area contributed by atoms with Crippen LogP contribution >= 0.6 is 0 Å². The van der Waals surface area contributed by atoms with E-state index in [0.29, 0.717) is 34.5 Å². The number of nitrogens with zero attached hydrogens (tertiary/aromatic N) is 1. The molecule has 4 aliphatic rings. The zero-order valence-electron chi connectivity index (χ0n) is 21.1. The third-order valence-electron chi connectivity index (χ3n) is 8.37. The fraction of sp³-hybridized carbons (Fsp3) is 0.290. The van der Waals surface area contributed by atoms with Gasteiger partial charge in [0.05, 0.1) is 25.5 Å². The van der Waals surface area contributed by atoms with Gasteiger partial charge in [0.2, 0.25) is 11.8 Å². The Morgan fingerprint density at radius 1 is 1.00 bits per heavy atom. The quantitative estimate of drug-likeness (QED) is 0.380. The summed E-state index contributed by atoms with van der Waals surface area (Å²) in [6.45, 7) is 1.83. The van der Waals surface area contributed by atoms with Gasteiger partial charge in [-0.05, 0) is 43.4 Å². The van der Waals surface area contributed by atoms with Crippen LogP contribution in [0.3, 0.4) is 0 Å². The van der Waals surface area contributed by atoms with Crippen molar-refractivity contribution in [3.63, 3.8) is 0 Å². The molecule has 4 atom stereocenters. The lowest BCUT2D eigenvalue weighted by molar-refractivity contribution is -0.140. The van der Waals surface area contributed by atoms with Gasteiger partial charge in [-0.3, -0.25) is 24.1 Å². The van der Waals surface area contributed by atoms with Crippen molar-refractivity contribution >= 4 is 23.4 Å². The number of imide groups is 1. The number of likely N-dealkylation sites (tertiary alicyclic amines) is 1. The van der Waals surface area contributed by atoms with E-state index in [1.807, 2.05) is 36.4 Å². The van der Waals surface area contributed by atoms with Crippen LogP contribution in [-0.4, -0.2) is 40.5 Å². The minimum Gasteiger partial charge on any atom is -0.508 e. The highest BCUT2D eigenvalue weighted by Gasteiger charge is 2.56. The molecular formula is C31H27NO6. The molecule has 7 heteroatoms. The molecule has 2 aromatic rings. The molecule has 192 valence electrons. The smallest absolute Gasteiger partial charge is 0.234 e. The van der Waals surface area contributed by atoms with Gasteiger partial charge in [0.1, 0.15) is 11.5 Å². The van der Waals surface area contributed by atoms with Crippen molar-refractivity contribution in [1.29, 1.82) is 0 Å². The topological polar surface area (TPSA) is 101 Å². The third-order valence-corrected chi connectivity index (χ3v) is 8.37. The zero-order chi connectivity index (χ0) is 26.7. The molecule has 0 saturated carbocycles. The molecule has 2 amide bonds. The zero-order valence-corrected chi connectivity index (χ0v) is 21.1. The van der Waals surface area contributed by atoms with E-state index in [1.165, 1.54) is 30.2 Å². The van der Waals surface area contributed by atoms with Gasteiger partial charge in [-0.1, -0.05) is 48.0 Å². The molecule has 1 saturated heterocycles. The van der Waals surface area contributed by atoms with E-state index >= 15 is 0 Å². The Bertz CT molecular complexity index is 1500. The number of hydrogen-bond donors (Lipinski definition) is 1. The molecule has 2 aromatic carbocycles. The number of phenols is 1. The molecule has 6 rings (SSSR count). The van der Waals surface area contributed by atoms with Crippen molar-refractivity contribution in [3.05, 3.63) is 94.1 Å². The van der Waals surface area contributed by atoms with Crippen molar-refractivity contribution in [2.24, 2.45) is 17.8 Å². The maximum atomic E-state index is 13.8. The standard InChI is InChI=1S/C31H27NO6/c1-16-12-24(34)28-23(29(16)35)14-22-19(26(28)20-9-8-18(33)13-25(20)38-2)10-11-21-27(22)31(37)32(30(21)36)15-17-6-4-3-5-7-17/h3-10,12-13,21-22,26-27,33H,11,14-15H2,1-2H3/t21-,22+,26+,27-/m0/s1. The molecule has 1 aliphatic heterocycles. The van der Waals surface area contributed by atoms with E-state index in [1.54, 1.807) is 13.0 Å². The number of carbonyl (C=O) groups excluding carboxylic acids is 4. The van der Waals surface area contributed by atoms with Crippen LogP contribution in [-0.2, 0) is 25.7 Å². The molecule has 1 fully saturated rings. The number of phenolic OH excluding ortho intramolecular Hbond substituents is 1. The second-order valence-corrected chi connectivity index (χ2v) is 10.4. The van der Waals surface area contributed by atoms with Crippen LogP contribution in [0.25, 0.3) is 0 Å². The van der Waals surface area contributed by atoms with Gasteiger partial charge in [0.15, 0.2) is 11.6 Å². The second-order valence-electron chi connectivity index (χ2n) is 10.4. The number of Topliss-reactive ketones (excluding diaryl/α,β-unsaturated/α-hetero) is 1. The summed E-state index contributed by atoms with van der Waals surface area (Å²) in [5.41, 5.74) is 3.52. The summed E-state index contributed by atoms with van der Waals surface area (Å²) >= 11 is 0. The SMILES string of the molecule is COc1cc(O)ccc1[C@H]1C2=CC[C@@H]3C(=O)N(Cc4ccccc4)C(=O)[C@@H]3[C@@H]2CC2=C1C(=O)C=C(C)C2=O. The number of rotatable bonds is 4. The lowest BCUT2D eigenvalue weighted by Crippen LogP contribution is -2.39. The highest BCUT2D eigenvalue weighted by atomic mass is 16.5. The number of ketones is 2. The van der Waals surface area contributed by atoms with Crippen molar-refractivity contribution < 1.29 is 29.0 Å². The summed E-state index contributed by atoms with van der Waals surface area (Å²) in [7, 11) is 1.48. The van der Waals surface area contributed by atoms with Gasteiger partial charge in [-0.2, -0.15) is 0 Å². The molecule has 3 aliphatic carbocycles. The number of fused-ring (bicyclic) bond motifs is 3. The van der Waals surface area contributed by atoms with Gasteiger partial charge in [0, 0.05) is 34.3 Å². The van der Waals surface area contributed by atoms with Crippen LogP contribution in [0, 0.1) is 17.8 Å². The lowest BCUT2D eigenvalue weighted by Gasteiger charge is -2.42. The fourth-order valence-corrected chi connectivity index (χ4v) is 6.66. The predicted octanol–water partition coefficient (Wildman–Crippen LogP) is 4.03. The average molecular weight is 510 g/mol. The molecular weight excluding hydrogens is 482 g/mol. The molecule has 7 nitrogen and oxygen atoms in total. The number of allylic oxidation sites excluding steroid dienone is 6. The summed E-state index contributed by atoms with van der Waals surface area (Å²) in [5, 5.41) is 10.1. The Kier molecular flexibility index (Phi) is 5.67. The average Bonchev–Trinajstić information content (AvgIpc) is 3.16. The molecule has 38 heavy (non-hydrogen) atoms. The number of aromatic hydroxyl groups is 1. The van der Waals surface area contributed by atoms with Crippen molar-refractivity contribution in [1.82, 2.24) is 4.90 Å². The molecule has 1 N–H and O–H groups in total. The first kappa shape index (κ1) is 24.1. The molecule has 0 bridgehead atoms. The molecule has 1 heterocycles. The molecule has 0 unspecified atom stereocenters. The minimum atomic E-state index is -0.618. The van der Waals surface area contributed by atoms with E-state index in [2.05, 4.69) is 0 Å². The first-order chi connectivity index (χ1) is 18.3. The van der Waals surface area contributed by atoms with Crippen molar-refractivity contribution in [2.75, 3.05) is 7.11 Å². The van der Waals surface area contributed by atoms with Crippen LogP contribution in [0.5, 0.6) is 11.5 Å². The summed E-state index contributed by atoms with van der Waals surface area (Å²) in [5.74, 6) is -2.61. The van der Waals surface area contributed by atoms with Crippen LogP contribution in [0.2, 0.25) is 0 Å². The number of amides is 2. The Morgan fingerprint density at radius 3 is 2.50 bits per heavy atom. The number of ether oxygens (including phenoxy) is 1. The number of carbonyl (C=O) groups is 4. The van der Waals surface area contributed by atoms with E-state index < -0.39 is 23.7 Å². The lowest BCUT2D eigenvalue weighted by atomic mass is 9.59. The Morgan fingerprint density at radius 2 is 1.76 bits per heavy atom. The highest BCUT2D eigenvalue weighted by molar-refractivity contribution is 6.23. The number of methoxy groups -OCH3 is 1. The van der Waals surface area contributed by atoms with Gasteiger partial charge in [-0.15, -0.1) is 0 Å². The van der Waals surface area contributed by atoms with Gasteiger partial charge < -0.3 is 9.84 Å². The Hall–Kier alpha value is -4.26. The van der Waals surface area contributed by atoms with Gasteiger partial charge in [-0.25, -0.2) is 0 Å². The largest absolute Gasteiger partial charge is 0.508 e. The van der Waals surface area contributed by atoms with Crippen molar-refractivity contribution in [3.8, 4) is 11.5 Å². The van der Waals surface area contributed by atoms with E-state index in [4.69, 9.17) is 4.74 Å². The van der Waals surface area contributed by atoms with E-state index in [-0.39, 0.29) is 42.1 Å². The number of hydrogen-bond acceptors (Lipinski definition) is 6. The summed E-state index contributed by atoms with van der Waals surface area (Å²) in [6, 6.07) is 14.1. The third kappa shape index (κ3) is 3.56. The molecule has 0 radical (unpaired) electrons. The Labute approximate surface area is 220 Å². The Balaban J connectivity index is 1.47. The molecule has 0 spiro atoms. The molecule has 0 aromatic heterocycles. The van der Waals surface area contributed by atoms with Gasteiger partial charge >= 0.3 is 0 Å². The van der Waals surface area contributed by atoms with Crippen molar-refractivity contribution in [2.45, 2.75) is 32.2 Å². The van der Waals surface area contributed by atoms with Gasteiger partial charge in [0.25, 0.3) is 0 Å². The monoisotopic (exact) mass is 509 g/mol. The fourth-order valence-electron chi connectivity index (χ4n) is 6.66. The number of benzene rings is 2. The normalized spacial score (nSPS) is 26.5. The van der Waals surface area contributed by atoms with Crippen LogP contribution in [0.15, 0.2) is 83.0 Å². The summed E-state index contributed by atoms with van der Waals surface area (Å²) in [4.78, 5) is 55.4. The van der Waals surface area contributed by atoms with E-state index in [0.717, 1.165) is 11.1 Å². The highest BCUT2D eigenvalue weighted by Crippen LogP contribution is 2.56. The predicted molar refractivity (Wildman–Crippen MR) is 138 cm³/mol. The maximum absolute atomic E-state index is 13.8.